The molecule has 0 aliphatic rings. The first-order valence-corrected chi connectivity index (χ1v) is 17.4. The molecule has 0 fully saturated rings. The molecule has 0 amide bonds. The third kappa shape index (κ3) is 4.12. The molecule has 0 N–H and O–H groups in total. The number of para-hydroxylation sites is 4. The van der Waals surface area contributed by atoms with Gasteiger partial charge in [0, 0.05) is 38.3 Å². The van der Waals surface area contributed by atoms with Gasteiger partial charge in [0.05, 0.1) is 22.4 Å². The maximum Gasteiger partial charge on any atom is 0.135 e. The van der Waals surface area contributed by atoms with Gasteiger partial charge in [0.2, 0.25) is 0 Å². The lowest BCUT2D eigenvalue weighted by atomic mass is 9.94. The van der Waals surface area contributed by atoms with Crippen molar-refractivity contribution in [2.75, 3.05) is 4.90 Å². The second kappa shape index (κ2) is 10.8. The molecule has 0 aliphatic heterocycles. The lowest BCUT2D eigenvalue weighted by Crippen LogP contribution is -2.12. The van der Waals surface area contributed by atoms with Crippen LogP contribution in [0.1, 0.15) is 0 Å². The van der Waals surface area contributed by atoms with Crippen LogP contribution in [0.4, 0.5) is 17.1 Å². The Morgan fingerprint density at radius 2 is 1.08 bits per heavy atom. The molecule has 0 bridgehead atoms. The molecule has 2 heterocycles. The minimum absolute atomic E-state index is 0.880. The molecule has 3 heteroatoms. The van der Waals surface area contributed by atoms with E-state index in [1.807, 2.05) is 6.07 Å². The number of hydrogen-bond acceptors (Lipinski definition) is 2. The van der Waals surface area contributed by atoms with Crippen LogP contribution in [0.5, 0.6) is 0 Å². The fourth-order valence-electron chi connectivity index (χ4n) is 8.32. The topological polar surface area (TPSA) is 21.3 Å². The van der Waals surface area contributed by atoms with Crippen molar-refractivity contribution in [3.63, 3.8) is 0 Å². The maximum absolute atomic E-state index is 6.35. The van der Waals surface area contributed by atoms with Gasteiger partial charge in [-0.2, -0.15) is 0 Å². The van der Waals surface area contributed by atoms with Crippen molar-refractivity contribution in [2.45, 2.75) is 0 Å². The van der Waals surface area contributed by atoms with Crippen LogP contribution in [-0.4, -0.2) is 4.57 Å². The third-order valence-corrected chi connectivity index (χ3v) is 10.5. The van der Waals surface area contributed by atoms with Crippen LogP contribution < -0.4 is 4.90 Å². The van der Waals surface area contributed by atoms with Gasteiger partial charge in [-0.15, -0.1) is 0 Å². The number of anilines is 3. The van der Waals surface area contributed by atoms with E-state index in [0.717, 1.165) is 50.2 Å². The molecule has 0 spiro atoms. The van der Waals surface area contributed by atoms with Crippen LogP contribution in [0.3, 0.4) is 0 Å². The lowest BCUT2D eigenvalue weighted by molar-refractivity contribution is 0.669. The molecule has 11 aromatic rings. The highest BCUT2D eigenvalue weighted by Gasteiger charge is 2.25. The Hall–Kier alpha value is -6.84. The predicted octanol–water partition coefficient (Wildman–Crippen LogP) is 13.6. The number of aromatic nitrogens is 1. The summed E-state index contributed by atoms with van der Waals surface area (Å²) >= 11 is 0. The second-order valence-corrected chi connectivity index (χ2v) is 13.3. The monoisotopic (exact) mass is 650 g/mol. The summed E-state index contributed by atoms with van der Waals surface area (Å²) in [4.78, 5) is 2.49. The smallest absolute Gasteiger partial charge is 0.135 e. The predicted molar refractivity (Wildman–Crippen MR) is 215 cm³/mol. The zero-order valence-corrected chi connectivity index (χ0v) is 27.6. The fraction of sp³-hybridized carbons (Fsp3) is 0. The minimum atomic E-state index is 0.880. The molecule has 2 aromatic heterocycles. The summed E-state index contributed by atoms with van der Waals surface area (Å²) in [7, 11) is 0. The van der Waals surface area contributed by atoms with Crippen LogP contribution >= 0.6 is 0 Å². The Labute approximate surface area is 293 Å². The van der Waals surface area contributed by atoms with E-state index < -0.39 is 0 Å². The highest BCUT2D eigenvalue weighted by Crippen LogP contribution is 2.49. The summed E-state index contributed by atoms with van der Waals surface area (Å²) in [6, 6.07) is 65.7. The lowest BCUT2D eigenvalue weighted by Gasteiger charge is -2.29. The molecule has 3 nitrogen and oxygen atoms in total. The number of furan rings is 1. The van der Waals surface area contributed by atoms with Crippen LogP contribution in [0, 0.1) is 0 Å². The Kier molecular flexibility index (Phi) is 5.96. The maximum atomic E-state index is 6.35. The molecule has 0 saturated heterocycles. The van der Waals surface area contributed by atoms with E-state index in [2.05, 4.69) is 185 Å². The van der Waals surface area contributed by atoms with Crippen molar-refractivity contribution in [3.8, 4) is 5.69 Å². The van der Waals surface area contributed by atoms with Crippen molar-refractivity contribution in [1.29, 1.82) is 0 Å². The van der Waals surface area contributed by atoms with E-state index in [9.17, 15) is 0 Å². The molecule has 0 saturated carbocycles. The van der Waals surface area contributed by atoms with Crippen molar-refractivity contribution in [1.82, 2.24) is 4.57 Å². The number of rotatable bonds is 4. The zero-order valence-electron chi connectivity index (χ0n) is 27.6. The second-order valence-electron chi connectivity index (χ2n) is 13.3. The Morgan fingerprint density at radius 3 is 1.96 bits per heavy atom. The minimum Gasteiger partial charge on any atom is -0.456 e. The van der Waals surface area contributed by atoms with Gasteiger partial charge in [-0.25, -0.2) is 0 Å². The number of hydrogen-bond donors (Lipinski definition) is 0. The quantitative estimate of drug-likeness (QED) is 0.177. The first-order valence-electron chi connectivity index (χ1n) is 17.4. The number of fused-ring (bicyclic) bond motifs is 11. The van der Waals surface area contributed by atoms with Gasteiger partial charge in [-0.05, 0) is 81.5 Å². The SMILES string of the molecule is c1ccc(-n2c3ccccc3c3cccc(N(c4ccc5oc6ccccc6c5c4)c4cc5ccccc5c5ccc6ccccc6c45)c32)cc1. The summed E-state index contributed by atoms with van der Waals surface area (Å²) in [6.45, 7) is 0. The van der Waals surface area contributed by atoms with Crippen molar-refractivity contribution >= 4 is 93.1 Å². The molecular weight excluding hydrogens is 621 g/mol. The van der Waals surface area contributed by atoms with Gasteiger partial charge in [-0.1, -0.05) is 127 Å². The molecular formula is C48H30N2O. The highest BCUT2D eigenvalue weighted by molar-refractivity contribution is 6.25. The number of nitrogens with zero attached hydrogens (tertiary/aromatic N) is 2. The average Bonchev–Trinajstić information content (AvgIpc) is 3.74. The van der Waals surface area contributed by atoms with Gasteiger partial charge >= 0.3 is 0 Å². The number of benzene rings is 9. The molecule has 0 unspecified atom stereocenters. The Balaban J connectivity index is 1.34. The van der Waals surface area contributed by atoms with Crippen LogP contribution in [-0.2, 0) is 0 Å². The fourth-order valence-corrected chi connectivity index (χ4v) is 8.32. The zero-order chi connectivity index (χ0) is 33.5. The van der Waals surface area contributed by atoms with Gasteiger partial charge < -0.3 is 13.9 Å². The highest BCUT2D eigenvalue weighted by atomic mass is 16.3. The van der Waals surface area contributed by atoms with Crippen LogP contribution in [0.25, 0.3) is 81.7 Å². The van der Waals surface area contributed by atoms with Gasteiger partial charge in [0.15, 0.2) is 0 Å². The van der Waals surface area contributed by atoms with Crippen molar-refractivity contribution in [3.05, 3.63) is 182 Å². The largest absolute Gasteiger partial charge is 0.456 e. The molecule has 9 aromatic carbocycles. The van der Waals surface area contributed by atoms with E-state index in [0.29, 0.717) is 0 Å². The van der Waals surface area contributed by atoms with E-state index in [1.54, 1.807) is 0 Å². The van der Waals surface area contributed by atoms with Crippen LogP contribution in [0.15, 0.2) is 186 Å². The Bertz CT molecular complexity index is 3150. The summed E-state index contributed by atoms with van der Waals surface area (Å²) < 4.78 is 8.78. The average molecular weight is 651 g/mol. The van der Waals surface area contributed by atoms with E-state index in [1.165, 1.54) is 48.6 Å². The molecule has 11 rings (SSSR count). The molecule has 0 aliphatic carbocycles. The first kappa shape index (κ1) is 28.0. The van der Waals surface area contributed by atoms with E-state index >= 15 is 0 Å². The standard InChI is InChI=1S/C48H30N2O/c1-2-15-33(16-3-1)50-42-22-10-8-19-37(42)40-21-12-23-43(48(40)50)49(34-26-28-46-41(30-34)38-20-9-11-24-45(38)51-46)44-29-32-14-5-6-17-35(32)39-27-25-31-13-4-7-18-36(31)47(39)44/h1-30H. The van der Waals surface area contributed by atoms with E-state index in [-0.39, 0.29) is 0 Å². The Morgan fingerprint density at radius 1 is 0.392 bits per heavy atom. The normalized spacial score (nSPS) is 11.9. The molecule has 238 valence electrons. The van der Waals surface area contributed by atoms with Gasteiger partial charge in [-0.3, -0.25) is 0 Å². The third-order valence-electron chi connectivity index (χ3n) is 10.5. The van der Waals surface area contributed by atoms with E-state index in [4.69, 9.17) is 4.42 Å². The summed E-state index contributed by atoms with van der Waals surface area (Å²) in [6.07, 6.45) is 0. The molecule has 0 atom stereocenters. The van der Waals surface area contributed by atoms with Crippen molar-refractivity contribution < 1.29 is 4.42 Å². The molecule has 51 heavy (non-hydrogen) atoms. The van der Waals surface area contributed by atoms with Crippen LogP contribution in [0.2, 0.25) is 0 Å². The summed E-state index contributed by atoms with van der Waals surface area (Å²) in [5, 5.41) is 12.0. The summed E-state index contributed by atoms with van der Waals surface area (Å²) in [5.41, 5.74) is 8.53. The summed E-state index contributed by atoms with van der Waals surface area (Å²) in [5.74, 6) is 0. The molecule has 0 radical (unpaired) electrons. The van der Waals surface area contributed by atoms with Crippen molar-refractivity contribution in [2.24, 2.45) is 0 Å². The van der Waals surface area contributed by atoms with Gasteiger partial charge in [0.25, 0.3) is 0 Å². The first-order chi connectivity index (χ1) is 25.3. The van der Waals surface area contributed by atoms with Gasteiger partial charge in [0.1, 0.15) is 11.2 Å².